The van der Waals surface area contributed by atoms with E-state index in [2.05, 4.69) is 0 Å². The van der Waals surface area contributed by atoms with Gasteiger partial charge in [0.15, 0.2) is 0 Å². The normalized spacial score (nSPS) is 39.0. The molecule has 1 N–H and O–H groups in total. The SMILES string of the molecule is COC1CCCOC1(O)OC. The predicted octanol–water partition coefficient (Wildman–Crippen LogP) is 0.104. The molecule has 2 atom stereocenters. The second kappa shape index (κ2) is 3.49. The summed E-state index contributed by atoms with van der Waals surface area (Å²) in [6, 6.07) is 0. The number of methoxy groups -OCH3 is 2. The second-order valence-corrected chi connectivity index (χ2v) is 2.55. The van der Waals surface area contributed by atoms with Gasteiger partial charge in [0, 0.05) is 14.2 Å². The highest BCUT2D eigenvalue weighted by molar-refractivity contribution is 4.73. The Kier molecular flexibility index (Phi) is 2.84. The molecule has 11 heavy (non-hydrogen) atoms. The van der Waals surface area contributed by atoms with Crippen LogP contribution in [0.3, 0.4) is 0 Å². The third kappa shape index (κ3) is 1.70. The van der Waals surface area contributed by atoms with Crippen molar-refractivity contribution in [2.45, 2.75) is 24.9 Å². The zero-order chi connectivity index (χ0) is 8.32. The van der Waals surface area contributed by atoms with E-state index in [1.54, 1.807) is 0 Å². The first-order chi connectivity index (χ1) is 5.23. The molecule has 0 aromatic rings. The fourth-order valence-corrected chi connectivity index (χ4v) is 1.22. The molecule has 66 valence electrons. The van der Waals surface area contributed by atoms with Crippen LogP contribution in [0.15, 0.2) is 0 Å². The second-order valence-electron chi connectivity index (χ2n) is 2.55. The fourth-order valence-electron chi connectivity index (χ4n) is 1.22. The molecule has 0 aliphatic carbocycles. The molecule has 4 nitrogen and oxygen atoms in total. The monoisotopic (exact) mass is 162 g/mol. The van der Waals surface area contributed by atoms with Gasteiger partial charge in [-0.1, -0.05) is 0 Å². The van der Waals surface area contributed by atoms with Crippen LogP contribution >= 0.6 is 0 Å². The van der Waals surface area contributed by atoms with Crippen molar-refractivity contribution >= 4 is 0 Å². The average molecular weight is 162 g/mol. The smallest absolute Gasteiger partial charge is 0.308 e. The summed E-state index contributed by atoms with van der Waals surface area (Å²) in [7, 11) is 2.93. The molecular weight excluding hydrogens is 148 g/mol. The van der Waals surface area contributed by atoms with Crippen LogP contribution in [0.25, 0.3) is 0 Å². The van der Waals surface area contributed by atoms with E-state index in [0.717, 1.165) is 12.8 Å². The number of hydrogen-bond acceptors (Lipinski definition) is 4. The molecule has 1 aliphatic rings. The molecule has 0 aromatic heterocycles. The Morgan fingerprint density at radius 1 is 1.55 bits per heavy atom. The van der Waals surface area contributed by atoms with Gasteiger partial charge in [0.2, 0.25) is 0 Å². The highest BCUT2D eigenvalue weighted by atomic mass is 16.8. The van der Waals surface area contributed by atoms with E-state index in [-0.39, 0.29) is 6.10 Å². The van der Waals surface area contributed by atoms with Gasteiger partial charge in [-0.05, 0) is 12.8 Å². The lowest BCUT2D eigenvalue weighted by atomic mass is 10.1. The maximum atomic E-state index is 9.57. The molecule has 0 saturated carbocycles. The van der Waals surface area contributed by atoms with E-state index in [1.807, 2.05) is 0 Å². The van der Waals surface area contributed by atoms with Gasteiger partial charge in [-0.3, -0.25) is 0 Å². The Morgan fingerprint density at radius 2 is 2.27 bits per heavy atom. The third-order valence-corrected chi connectivity index (χ3v) is 1.90. The van der Waals surface area contributed by atoms with Gasteiger partial charge in [-0.25, -0.2) is 0 Å². The molecule has 0 bridgehead atoms. The molecular formula is C7H14O4. The van der Waals surface area contributed by atoms with Gasteiger partial charge in [0.25, 0.3) is 0 Å². The summed E-state index contributed by atoms with van der Waals surface area (Å²) in [4.78, 5) is 0. The summed E-state index contributed by atoms with van der Waals surface area (Å²) in [6.07, 6.45) is 1.28. The standard InChI is InChI=1S/C7H14O4/c1-9-6-4-3-5-11-7(6,8)10-2/h6,8H,3-5H2,1-2H3. The number of aliphatic hydroxyl groups is 1. The summed E-state index contributed by atoms with van der Waals surface area (Å²) in [5, 5.41) is 9.57. The lowest BCUT2D eigenvalue weighted by molar-refractivity contribution is -0.402. The predicted molar refractivity (Wildman–Crippen MR) is 37.9 cm³/mol. The summed E-state index contributed by atoms with van der Waals surface area (Å²) < 4.78 is 14.8. The van der Waals surface area contributed by atoms with Crippen molar-refractivity contribution in [2.24, 2.45) is 0 Å². The topological polar surface area (TPSA) is 47.9 Å². The molecule has 0 radical (unpaired) electrons. The van der Waals surface area contributed by atoms with Gasteiger partial charge in [0.1, 0.15) is 6.10 Å². The van der Waals surface area contributed by atoms with Crippen LogP contribution in [0.1, 0.15) is 12.8 Å². The highest BCUT2D eigenvalue weighted by Crippen LogP contribution is 2.25. The maximum absolute atomic E-state index is 9.57. The van der Waals surface area contributed by atoms with Crippen LogP contribution in [0.5, 0.6) is 0 Å². The maximum Gasteiger partial charge on any atom is 0.308 e. The van der Waals surface area contributed by atoms with Crippen molar-refractivity contribution in [3.8, 4) is 0 Å². The quantitative estimate of drug-likeness (QED) is 0.585. The van der Waals surface area contributed by atoms with E-state index in [1.165, 1.54) is 14.2 Å². The summed E-state index contributed by atoms with van der Waals surface area (Å²) in [5.41, 5.74) is 0. The fraction of sp³-hybridized carbons (Fsp3) is 1.00. The molecule has 2 unspecified atom stereocenters. The van der Waals surface area contributed by atoms with Crippen molar-refractivity contribution in [3.05, 3.63) is 0 Å². The van der Waals surface area contributed by atoms with E-state index < -0.39 is 5.97 Å². The lowest BCUT2D eigenvalue weighted by Crippen LogP contribution is -2.50. The van der Waals surface area contributed by atoms with Crippen LogP contribution in [-0.2, 0) is 14.2 Å². The molecule has 1 rings (SSSR count). The van der Waals surface area contributed by atoms with Gasteiger partial charge >= 0.3 is 5.97 Å². The Labute approximate surface area is 66.1 Å². The molecule has 4 heteroatoms. The van der Waals surface area contributed by atoms with Crippen LogP contribution in [0, 0.1) is 0 Å². The molecule has 0 aromatic carbocycles. The van der Waals surface area contributed by atoms with Crippen LogP contribution in [0.2, 0.25) is 0 Å². The molecule has 0 amide bonds. The largest absolute Gasteiger partial charge is 0.373 e. The minimum atomic E-state index is -1.53. The molecule has 1 fully saturated rings. The summed E-state index contributed by atoms with van der Waals surface area (Å²) in [6.45, 7) is 0.518. The van der Waals surface area contributed by atoms with Crippen molar-refractivity contribution in [1.29, 1.82) is 0 Å². The van der Waals surface area contributed by atoms with Gasteiger partial charge in [-0.15, -0.1) is 0 Å². The lowest BCUT2D eigenvalue weighted by Gasteiger charge is -2.36. The molecule has 1 saturated heterocycles. The Hall–Kier alpha value is -0.160. The van der Waals surface area contributed by atoms with E-state index in [9.17, 15) is 5.11 Å². The number of ether oxygens (including phenoxy) is 3. The van der Waals surface area contributed by atoms with Crippen molar-refractivity contribution < 1.29 is 19.3 Å². The number of rotatable bonds is 2. The van der Waals surface area contributed by atoms with E-state index >= 15 is 0 Å². The zero-order valence-corrected chi connectivity index (χ0v) is 6.87. The van der Waals surface area contributed by atoms with Gasteiger partial charge in [-0.2, -0.15) is 0 Å². The Balaban J connectivity index is 2.57. The van der Waals surface area contributed by atoms with Gasteiger partial charge < -0.3 is 19.3 Å². The summed E-state index contributed by atoms with van der Waals surface area (Å²) in [5.74, 6) is -1.53. The summed E-state index contributed by atoms with van der Waals surface area (Å²) >= 11 is 0. The van der Waals surface area contributed by atoms with Crippen LogP contribution < -0.4 is 0 Å². The minimum Gasteiger partial charge on any atom is -0.373 e. The first kappa shape index (κ1) is 8.93. The molecule has 1 aliphatic heterocycles. The van der Waals surface area contributed by atoms with Crippen molar-refractivity contribution in [3.63, 3.8) is 0 Å². The minimum absolute atomic E-state index is 0.374. The highest BCUT2D eigenvalue weighted by Gasteiger charge is 2.41. The van der Waals surface area contributed by atoms with Crippen molar-refractivity contribution in [1.82, 2.24) is 0 Å². The van der Waals surface area contributed by atoms with E-state index in [4.69, 9.17) is 14.2 Å². The first-order valence-electron chi connectivity index (χ1n) is 3.67. The zero-order valence-electron chi connectivity index (χ0n) is 6.87. The van der Waals surface area contributed by atoms with Crippen molar-refractivity contribution in [2.75, 3.05) is 20.8 Å². The van der Waals surface area contributed by atoms with Gasteiger partial charge in [0.05, 0.1) is 6.61 Å². The van der Waals surface area contributed by atoms with Crippen LogP contribution in [-0.4, -0.2) is 38.0 Å². The van der Waals surface area contributed by atoms with E-state index in [0.29, 0.717) is 6.61 Å². The first-order valence-corrected chi connectivity index (χ1v) is 3.67. The molecule has 0 spiro atoms. The Bertz CT molecular complexity index is 128. The average Bonchev–Trinajstić information content (AvgIpc) is 2.05. The van der Waals surface area contributed by atoms with Crippen LogP contribution in [0.4, 0.5) is 0 Å². The Morgan fingerprint density at radius 3 is 2.73 bits per heavy atom. The molecule has 1 heterocycles. The third-order valence-electron chi connectivity index (χ3n) is 1.90. The number of hydrogen-bond donors (Lipinski definition) is 1.